The number of alkyl halides is 2. The summed E-state index contributed by atoms with van der Waals surface area (Å²) in [5.41, 5.74) is 0.684. The van der Waals surface area contributed by atoms with E-state index in [2.05, 4.69) is 15.2 Å². The SMILES string of the molecule is N#C[C@@H]1CC(F)(F)CN1C(=O)CNC(=O)c1ccnc2ccc(OCCCN3CCN(C(=O)COC(=O)CN4CCN(CC(=O)O)CCN(CC(=O)O)CCN(CC(=O)O)CC4)CC3)cc12. The zero-order chi connectivity index (χ0) is 47.8. The highest BCUT2D eigenvalue weighted by Crippen LogP contribution is 2.31. The maximum atomic E-state index is 13.8. The van der Waals surface area contributed by atoms with Crippen molar-refractivity contribution in [2.24, 2.45) is 0 Å². The Morgan fingerprint density at radius 3 is 1.85 bits per heavy atom. The first-order valence-corrected chi connectivity index (χ1v) is 21.6. The maximum Gasteiger partial charge on any atom is 0.320 e. The van der Waals surface area contributed by atoms with Crippen molar-refractivity contribution in [2.45, 2.75) is 24.8 Å². The van der Waals surface area contributed by atoms with Gasteiger partial charge in [0.25, 0.3) is 17.7 Å². The molecule has 360 valence electrons. The second-order valence-corrected chi connectivity index (χ2v) is 16.3. The highest BCUT2D eigenvalue weighted by Gasteiger charge is 2.47. The van der Waals surface area contributed by atoms with Crippen LogP contribution in [0.2, 0.25) is 0 Å². The Morgan fingerprint density at radius 2 is 1.30 bits per heavy atom. The molecule has 0 unspecified atom stereocenters. The van der Waals surface area contributed by atoms with Gasteiger partial charge in [-0.15, -0.1) is 0 Å². The summed E-state index contributed by atoms with van der Waals surface area (Å²) in [5.74, 6) is -8.35. The highest BCUT2D eigenvalue weighted by atomic mass is 19.3. The van der Waals surface area contributed by atoms with Gasteiger partial charge in [-0.05, 0) is 30.7 Å². The van der Waals surface area contributed by atoms with Crippen molar-refractivity contribution in [3.63, 3.8) is 0 Å². The molecule has 1 aromatic heterocycles. The summed E-state index contributed by atoms with van der Waals surface area (Å²) in [6, 6.07) is 6.93. The van der Waals surface area contributed by atoms with Gasteiger partial charge in [0.05, 0.1) is 63.0 Å². The minimum atomic E-state index is -3.18. The molecule has 3 aliphatic heterocycles. The lowest BCUT2D eigenvalue weighted by Gasteiger charge is -2.34. The molecule has 0 saturated carbocycles. The number of halogens is 2. The number of aliphatic carboxylic acids is 3. The molecule has 0 bridgehead atoms. The number of nitrogens with zero attached hydrogens (tertiary/aromatic N) is 9. The minimum Gasteiger partial charge on any atom is -0.494 e. The molecule has 3 saturated heterocycles. The second kappa shape index (κ2) is 24.4. The van der Waals surface area contributed by atoms with E-state index in [1.807, 2.05) is 0 Å². The fourth-order valence-corrected chi connectivity index (χ4v) is 7.91. The number of fused-ring (bicyclic) bond motifs is 1. The summed E-state index contributed by atoms with van der Waals surface area (Å²) in [4.78, 5) is 102. The molecule has 3 fully saturated rings. The molecule has 66 heavy (non-hydrogen) atoms. The monoisotopic (exact) mass is 930 g/mol. The Bertz CT molecular complexity index is 2070. The number of carboxylic acids is 3. The predicted molar refractivity (Wildman–Crippen MR) is 228 cm³/mol. The number of hydrogen-bond donors (Lipinski definition) is 4. The van der Waals surface area contributed by atoms with Crippen LogP contribution in [-0.2, 0) is 33.5 Å². The number of hydrogen-bond acceptors (Lipinski definition) is 16. The Balaban J connectivity index is 1.03. The molecule has 22 nitrogen and oxygen atoms in total. The standard InChI is InChI=1S/C42H56F2N10O12/c43-42(44)21-30(22-45)54(29-42)35(55)23-47-41(64)32-4-5-46-34-3-2-31(20-33(32)34)65-19-1-6-48-15-17-53(18-16-48)36(56)28-66-40(63)27-52-13-11-50(25-38(59)60)9-7-49(24-37(57)58)8-10-51(12-14-52)26-39(61)62/h2-5,20,30H,1,6-19,21,23-29H2,(H,47,64)(H,57,58)(H,59,60)(H,61,62)/t30-/m0/s1. The third-order valence-electron chi connectivity index (χ3n) is 11.4. The fourth-order valence-electron chi connectivity index (χ4n) is 7.91. The van der Waals surface area contributed by atoms with Crippen molar-refractivity contribution in [2.75, 3.05) is 138 Å². The number of pyridine rings is 1. The average Bonchev–Trinajstić information content (AvgIpc) is 3.60. The Labute approximate surface area is 379 Å². The molecule has 24 heteroatoms. The summed E-state index contributed by atoms with van der Waals surface area (Å²) in [6.07, 6.45) is 1.31. The number of carbonyl (C=O) groups excluding carboxylic acids is 4. The highest BCUT2D eigenvalue weighted by molar-refractivity contribution is 6.07. The Kier molecular flexibility index (Phi) is 18.8. The number of nitrogens with one attached hydrogen (secondary N) is 1. The van der Waals surface area contributed by atoms with Gasteiger partial charge in [0, 0.05) is 103 Å². The largest absolute Gasteiger partial charge is 0.494 e. The van der Waals surface area contributed by atoms with Crippen molar-refractivity contribution >= 4 is 52.5 Å². The topological polar surface area (TPSA) is 270 Å². The molecule has 2 aromatic rings. The summed E-state index contributed by atoms with van der Waals surface area (Å²) in [5, 5.41) is 40.4. The number of likely N-dealkylation sites (tertiary alicyclic amines) is 1. The number of rotatable bonds is 18. The van der Waals surface area contributed by atoms with Gasteiger partial charge in [-0.1, -0.05) is 0 Å². The van der Waals surface area contributed by atoms with Gasteiger partial charge < -0.3 is 39.9 Å². The third kappa shape index (κ3) is 16.1. The molecule has 3 aliphatic rings. The molecule has 4 heterocycles. The van der Waals surface area contributed by atoms with Crippen LogP contribution in [0.4, 0.5) is 8.78 Å². The zero-order valence-corrected chi connectivity index (χ0v) is 36.5. The van der Waals surface area contributed by atoms with E-state index >= 15 is 0 Å². The van der Waals surface area contributed by atoms with Crippen LogP contribution in [0.5, 0.6) is 5.75 Å². The van der Waals surface area contributed by atoms with Crippen LogP contribution in [-0.4, -0.2) is 246 Å². The van der Waals surface area contributed by atoms with Gasteiger partial charge >= 0.3 is 23.9 Å². The van der Waals surface area contributed by atoms with Crippen LogP contribution in [0, 0.1) is 11.3 Å². The number of piperazine rings is 1. The van der Waals surface area contributed by atoms with Crippen molar-refractivity contribution in [3.05, 3.63) is 36.0 Å². The number of ether oxygens (including phenoxy) is 2. The summed E-state index contributed by atoms with van der Waals surface area (Å²) in [6.45, 7) is 1.77. The van der Waals surface area contributed by atoms with E-state index in [0.29, 0.717) is 62.4 Å². The first-order valence-electron chi connectivity index (χ1n) is 21.6. The van der Waals surface area contributed by atoms with E-state index in [9.17, 15) is 62.9 Å². The average molecular weight is 931 g/mol. The van der Waals surface area contributed by atoms with E-state index in [1.165, 1.54) is 12.3 Å². The first-order chi connectivity index (χ1) is 31.5. The van der Waals surface area contributed by atoms with E-state index in [1.54, 1.807) is 48.8 Å². The van der Waals surface area contributed by atoms with Crippen molar-refractivity contribution in [3.8, 4) is 11.8 Å². The van der Waals surface area contributed by atoms with Crippen molar-refractivity contribution < 1.29 is 67.1 Å². The van der Waals surface area contributed by atoms with Gasteiger partial charge in [-0.3, -0.25) is 63.0 Å². The lowest BCUT2D eigenvalue weighted by molar-refractivity contribution is -0.153. The van der Waals surface area contributed by atoms with Crippen LogP contribution < -0.4 is 10.1 Å². The third-order valence-corrected chi connectivity index (χ3v) is 11.4. The molecule has 5 rings (SSSR count). The van der Waals surface area contributed by atoms with Crippen LogP contribution in [0.25, 0.3) is 10.9 Å². The van der Waals surface area contributed by atoms with Crippen LogP contribution >= 0.6 is 0 Å². The van der Waals surface area contributed by atoms with E-state index in [0.717, 1.165) is 4.90 Å². The van der Waals surface area contributed by atoms with Crippen LogP contribution in [0.1, 0.15) is 23.2 Å². The summed E-state index contributed by atoms with van der Waals surface area (Å²) in [7, 11) is 0. The van der Waals surface area contributed by atoms with Gasteiger partial charge in [-0.2, -0.15) is 5.26 Å². The van der Waals surface area contributed by atoms with E-state index < -0.39 is 73.8 Å². The molecular weight excluding hydrogens is 875 g/mol. The maximum absolute atomic E-state index is 13.8. The Hall–Kier alpha value is -6.13. The molecule has 1 atom stereocenters. The molecule has 0 radical (unpaired) electrons. The van der Waals surface area contributed by atoms with E-state index in [-0.39, 0.29) is 90.0 Å². The summed E-state index contributed by atoms with van der Waals surface area (Å²) < 4.78 is 39.0. The van der Waals surface area contributed by atoms with E-state index in [4.69, 9.17) is 9.47 Å². The molecule has 0 spiro atoms. The molecule has 0 aliphatic carbocycles. The number of carboxylic acid groups (broad SMARTS) is 3. The molecular formula is C42H56F2N10O12. The smallest absolute Gasteiger partial charge is 0.320 e. The number of amides is 3. The minimum absolute atomic E-state index is 0.195. The van der Waals surface area contributed by atoms with Crippen molar-refractivity contribution in [1.82, 2.24) is 44.6 Å². The second-order valence-electron chi connectivity index (χ2n) is 16.3. The van der Waals surface area contributed by atoms with Gasteiger partial charge in [-0.25, -0.2) is 8.78 Å². The van der Waals surface area contributed by atoms with Gasteiger partial charge in [0.1, 0.15) is 11.8 Å². The normalized spacial score (nSPS) is 19.6. The number of nitriles is 1. The van der Waals surface area contributed by atoms with Crippen molar-refractivity contribution in [1.29, 1.82) is 5.26 Å². The molecule has 4 N–H and O–H groups in total. The lowest BCUT2D eigenvalue weighted by Crippen LogP contribution is -2.50. The van der Waals surface area contributed by atoms with Gasteiger partial charge in [0.2, 0.25) is 5.91 Å². The zero-order valence-electron chi connectivity index (χ0n) is 36.5. The number of aromatic nitrogens is 1. The predicted octanol–water partition coefficient (Wildman–Crippen LogP) is -1.34. The van der Waals surface area contributed by atoms with Gasteiger partial charge in [0.15, 0.2) is 6.61 Å². The fraction of sp³-hybridized carbons (Fsp3) is 0.595. The molecule has 3 amide bonds. The lowest BCUT2D eigenvalue weighted by atomic mass is 10.1. The quantitative estimate of drug-likeness (QED) is 0.0995. The molecule has 1 aromatic carbocycles. The van der Waals surface area contributed by atoms with Crippen LogP contribution in [0.3, 0.4) is 0 Å². The number of benzene rings is 1. The number of esters is 1. The first kappa shape index (κ1) is 50.9. The number of carbonyl (C=O) groups is 7. The summed E-state index contributed by atoms with van der Waals surface area (Å²) >= 11 is 0. The van der Waals surface area contributed by atoms with Crippen LogP contribution in [0.15, 0.2) is 30.5 Å². The Morgan fingerprint density at radius 1 is 0.758 bits per heavy atom.